The van der Waals surface area contributed by atoms with Crippen molar-refractivity contribution in [2.45, 2.75) is 33.0 Å². The van der Waals surface area contributed by atoms with Gasteiger partial charge in [-0.25, -0.2) is 19.3 Å². The Morgan fingerprint density at radius 2 is 1.94 bits per heavy atom. The van der Waals surface area contributed by atoms with Crippen molar-refractivity contribution < 1.29 is 23.8 Å². The van der Waals surface area contributed by atoms with Crippen LogP contribution in [0, 0.1) is 11.2 Å². The molecule has 1 aliphatic heterocycles. The number of imidazole rings is 1. The van der Waals surface area contributed by atoms with Crippen molar-refractivity contribution in [1.82, 2.24) is 25.3 Å². The van der Waals surface area contributed by atoms with Gasteiger partial charge in [0.05, 0.1) is 35.7 Å². The number of ether oxygens (including phenoxy) is 2. The summed E-state index contributed by atoms with van der Waals surface area (Å²) in [5.41, 5.74) is 1.58. The smallest absolute Gasteiger partial charge is 0.230 e. The molecule has 2 aromatic heterocycles. The molecule has 1 amide bonds. The standard InChI is InChI=1S/C25H31FN6O4/c1-3-10-27-23(34)25(2)14-35-22(36-15-25)21-31-19(16-5-7-17(26)8-6-16)20(32-21)18-9-12-29-24(30-18)28-11-4-13-33/h5-9,12,22,33H,3-4,10-11,13-15H2,1-2H3,(H,27,34)(H,31,32)(H,28,29,30). The van der Waals surface area contributed by atoms with Gasteiger partial charge in [0.25, 0.3) is 0 Å². The van der Waals surface area contributed by atoms with Gasteiger partial charge in [0.1, 0.15) is 5.82 Å². The highest BCUT2D eigenvalue weighted by Gasteiger charge is 2.40. The molecule has 1 aromatic carbocycles. The predicted molar refractivity (Wildman–Crippen MR) is 131 cm³/mol. The van der Waals surface area contributed by atoms with Crippen LogP contribution in [0.25, 0.3) is 22.6 Å². The van der Waals surface area contributed by atoms with E-state index in [1.54, 1.807) is 31.3 Å². The summed E-state index contributed by atoms with van der Waals surface area (Å²) in [7, 11) is 0. The van der Waals surface area contributed by atoms with Crippen LogP contribution in [0.4, 0.5) is 10.3 Å². The fourth-order valence-corrected chi connectivity index (χ4v) is 3.72. The van der Waals surface area contributed by atoms with Crippen LogP contribution in [0.3, 0.4) is 0 Å². The topological polar surface area (TPSA) is 134 Å². The third kappa shape index (κ3) is 5.86. The van der Waals surface area contributed by atoms with Crippen molar-refractivity contribution in [2.24, 2.45) is 5.41 Å². The Kier molecular flexibility index (Phi) is 8.24. The van der Waals surface area contributed by atoms with Gasteiger partial charge in [-0.1, -0.05) is 6.92 Å². The quantitative estimate of drug-likeness (QED) is 0.314. The molecule has 0 spiro atoms. The average Bonchev–Trinajstić information content (AvgIpc) is 3.34. The molecule has 4 N–H and O–H groups in total. The zero-order chi connectivity index (χ0) is 25.5. The van der Waals surface area contributed by atoms with Crippen LogP contribution in [0.1, 0.15) is 38.8 Å². The fourth-order valence-electron chi connectivity index (χ4n) is 3.72. The first kappa shape index (κ1) is 25.7. The van der Waals surface area contributed by atoms with Crippen molar-refractivity contribution in [3.05, 3.63) is 48.2 Å². The molecule has 0 atom stereocenters. The van der Waals surface area contributed by atoms with E-state index >= 15 is 0 Å². The normalized spacial score (nSPS) is 19.7. The molecular weight excluding hydrogens is 467 g/mol. The zero-order valence-electron chi connectivity index (χ0n) is 20.4. The lowest BCUT2D eigenvalue weighted by atomic mass is 9.91. The van der Waals surface area contributed by atoms with E-state index in [1.165, 1.54) is 12.1 Å². The molecular formula is C25H31FN6O4. The molecule has 11 heteroatoms. The summed E-state index contributed by atoms with van der Waals surface area (Å²) in [4.78, 5) is 29.3. The first-order valence-corrected chi connectivity index (χ1v) is 12.0. The van der Waals surface area contributed by atoms with Crippen LogP contribution in [0.2, 0.25) is 0 Å². The first-order valence-electron chi connectivity index (χ1n) is 12.0. The molecule has 3 heterocycles. The molecule has 4 rings (SSSR count). The number of carbonyl (C=O) groups is 1. The number of nitrogens with one attached hydrogen (secondary N) is 3. The number of amides is 1. The minimum Gasteiger partial charge on any atom is -0.396 e. The molecule has 0 bridgehead atoms. The number of carbonyl (C=O) groups excluding carboxylic acids is 1. The zero-order valence-corrected chi connectivity index (χ0v) is 20.4. The molecule has 36 heavy (non-hydrogen) atoms. The average molecular weight is 499 g/mol. The molecule has 0 unspecified atom stereocenters. The summed E-state index contributed by atoms with van der Waals surface area (Å²) in [6.07, 6.45) is 2.21. The van der Waals surface area contributed by atoms with Gasteiger partial charge < -0.3 is 30.2 Å². The Bertz CT molecular complexity index is 1160. The van der Waals surface area contributed by atoms with Gasteiger partial charge in [-0.2, -0.15) is 0 Å². The Hall–Kier alpha value is -3.41. The Balaban J connectivity index is 1.61. The summed E-state index contributed by atoms with van der Waals surface area (Å²) in [6.45, 7) is 5.31. The van der Waals surface area contributed by atoms with Crippen molar-refractivity contribution in [3.8, 4) is 22.6 Å². The Morgan fingerprint density at radius 1 is 1.19 bits per heavy atom. The maximum absolute atomic E-state index is 13.6. The third-order valence-electron chi connectivity index (χ3n) is 5.78. The largest absolute Gasteiger partial charge is 0.396 e. The van der Waals surface area contributed by atoms with Gasteiger partial charge in [0.2, 0.25) is 18.1 Å². The molecule has 1 fully saturated rings. The number of nitrogens with zero attached hydrogens (tertiary/aromatic N) is 3. The Morgan fingerprint density at radius 3 is 2.64 bits per heavy atom. The van der Waals surface area contributed by atoms with Crippen LogP contribution in [0.15, 0.2) is 36.5 Å². The van der Waals surface area contributed by atoms with Crippen molar-refractivity contribution >= 4 is 11.9 Å². The number of halogens is 1. The second-order valence-electron chi connectivity index (χ2n) is 8.89. The Labute approximate surface area is 208 Å². The SMILES string of the molecule is CCCNC(=O)C1(C)COC(c2nc(-c3ccc(F)cc3)c(-c3ccnc(NCCCO)n3)[nH]2)OC1. The van der Waals surface area contributed by atoms with E-state index in [4.69, 9.17) is 19.6 Å². The highest BCUT2D eigenvalue weighted by atomic mass is 19.1. The molecule has 10 nitrogen and oxygen atoms in total. The van der Waals surface area contributed by atoms with Crippen LogP contribution >= 0.6 is 0 Å². The number of hydrogen-bond acceptors (Lipinski definition) is 8. The van der Waals surface area contributed by atoms with Gasteiger partial charge in [-0.3, -0.25) is 4.79 Å². The third-order valence-corrected chi connectivity index (χ3v) is 5.78. The van der Waals surface area contributed by atoms with Crippen LogP contribution in [0.5, 0.6) is 0 Å². The van der Waals surface area contributed by atoms with E-state index in [9.17, 15) is 9.18 Å². The fraction of sp³-hybridized carbons (Fsp3) is 0.440. The lowest BCUT2D eigenvalue weighted by molar-refractivity contribution is -0.231. The molecule has 1 saturated heterocycles. The van der Waals surface area contributed by atoms with E-state index in [0.29, 0.717) is 53.9 Å². The molecule has 3 aromatic rings. The molecule has 0 radical (unpaired) electrons. The summed E-state index contributed by atoms with van der Waals surface area (Å²) in [5, 5.41) is 15.0. The van der Waals surface area contributed by atoms with Gasteiger partial charge in [-0.15, -0.1) is 0 Å². The number of aromatic amines is 1. The van der Waals surface area contributed by atoms with Crippen molar-refractivity contribution in [2.75, 3.05) is 38.2 Å². The highest BCUT2D eigenvalue weighted by Crippen LogP contribution is 2.35. The number of anilines is 1. The number of aliphatic hydroxyl groups excluding tert-OH is 1. The maximum atomic E-state index is 13.6. The number of rotatable bonds is 10. The molecule has 0 saturated carbocycles. The van der Waals surface area contributed by atoms with Gasteiger partial charge in [0, 0.05) is 31.5 Å². The summed E-state index contributed by atoms with van der Waals surface area (Å²) in [6, 6.07) is 7.74. The second-order valence-corrected chi connectivity index (χ2v) is 8.89. The summed E-state index contributed by atoms with van der Waals surface area (Å²) >= 11 is 0. The van der Waals surface area contributed by atoms with E-state index in [1.807, 2.05) is 6.92 Å². The van der Waals surface area contributed by atoms with Gasteiger partial charge in [-0.05, 0) is 50.1 Å². The number of aliphatic hydroxyl groups is 1. The van der Waals surface area contributed by atoms with Gasteiger partial charge in [0.15, 0.2) is 5.82 Å². The maximum Gasteiger partial charge on any atom is 0.230 e. The number of benzene rings is 1. The van der Waals surface area contributed by atoms with Crippen LogP contribution < -0.4 is 10.6 Å². The molecule has 192 valence electrons. The molecule has 0 aliphatic carbocycles. The lowest BCUT2D eigenvalue weighted by Gasteiger charge is -2.35. The van der Waals surface area contributed by atoms with E-state index < -0.39 is 11.7 Å². The second kappa shape index (κ2) is 11.5. The van der Waals surface area contributed by atoms with E-state index in [2.05, 4.69) is 25.6 Å². The molecule has 1 aliphatic rings. The predicted octanol–water partition coefficient (Wildman–Crippen LogP) is 3.05. The van der Waals surface area contributed by atoms with E-state index in [0.717, 1.165) is 6.42 Å². The monoisotopic (exact) mass is 498 g/mol. The lowest BCUT2D eigenvalue weighted by Crippen LogP contribution is -2.48. The van der Waals surface area contributed by atoms with Crippen LogP contribution in [-0.4, -0.2) is 63.9 Å². The minimum absolute atomic E-state index is 0.0615. The minimum atomic E-state index is -0.811. The van der Waals surface area contributed by atoms with Crippen molar-refractivity contribution in [1.29, 1.82) is 0 Å². The summed E-state index contributed by atoms with van der Waals surface area (Å²) in [5.74, 6) is 0.347. The number of hydrogen-bond donors (Lipinski definition) is 4. The van der Waals surface area contributed by atoms with Crippen molar-refractivity contribution in [3.63, 3.8) is 0 Å². The summed E-state index contributed by atoms with van der Waals surface area (Å²) < 4.78 is 25.4. The number of H-pyrrole nitrogens is 1. The number of aromatic nitrogens is 4. The highest BCUT2D eigenvalue weighted by molar-refractivity contribution is 5.82. The van der Waals surface area contributed by atoms with E-state index in [-0.39, 0.29) is 31.5 Å². The van der Waals surface area contributed by atoms with Crippen LogP contribution in [-0.2, 0) is 14.3 Å². The first-order chi connectivity index (χ1) is 17.4. The van der Waals surface area contributed by atoms with Gasteiger partial charge >= 0.3 is 0 Å².